The average Bonchev–Trinajstić information content (AvgIpc) is 3.27. The number of methoxy groups -OCH3 is 2. The Labute approximate surface area is 154 Å². The second-order valence-electron chi connectivity index (χ2n) is 6.75. The lowest BCUT2D eigenvalue weighted by atomic mass is 10.1. The zero-order valence-corrected chi connectivity index (χ0v) is 15.8. The fraction of sp³-hybridized carbons (Fsp3) is 0.500. The number of ether oxygens (including phenoxy) is 2. The van der Waals surface area contributed by atoms with Crippen molar-refractivity contribution in [2.75, 3.05) is 27.3 Å². The van der Waals surface area contributed by atoms with E-state index in [1.165, 1.54) is 0 Å². The van der Waals surface area contributed by atoms with Gasteiger partial charge >= 0.3 is 0 Å². The molecule has 0 aliphatic carbocycles. The maximum Gasteiger partial charge on any atom is 0.222 e. The molecule has 0 saturated carbocycles. The SMILES string of the molecule is COCc1ncc(C)n1C1CCN(C(=O)CCc2ccc(OC)cc2)C1. The fourth-order valence-electron chi connectivity index (χ4n) is 3.61. The van der Waals surface area contributed by atoms with Crippen LogP contribution in [0.25, 0.3) is 0 Å². The van der Waals surface area contributed by atoms with Crippen LogP contribution >= 0.6 is 0 Å². The summed E-state index contributed by atoms with van der Waals surface area (Å²) in [7, 11) is 3.33. The molecule has 140 valence electrons. The van der Waals surface area contributed by atoms with Crippen LogP contribution in [-0.4, -0.2) is 47.7 Å². The molecular weight excluding hydrogens is 330 g/mol. The highest BCUT2D eigenvalue weighted by molar-refractivity contribution is 5.76. The second-order valence-corrected chi connectivity index (χ2v) is 6.75. The lowest BCUT2D eigenvalue weighted by Crippen LogP contribution is -2.29. The standard InChI is InChI=1S/C20H27N3O3/c1-15-12-21-19(14-25-2)23(15)17-10-11-22(13-17)20(24)9-6-16-4-7-18(26-3)8-5-16/h4-5,7-8,12,17H,6,9-11,13-14H2,1-3H3. The molecule has 0 spiro atoms. The van der Waals surface area contributed by atoms with Gasteiger partial charge in [-0.3, -0.25) is 4.79 Å². The van der Waals surface area contributed by atoms with Crippen LogP contribution in [0.4, 0.5) is 0 Å². The van der Waals surface area contributed by atoms with Gasteiger partial charge in [0.1, 0.15) is 18.2 Å². The molecule has 1 fully saturated rings. The lowest BCUT2D eigenvalue weighted by Gasteiger charge is -2.19. The van der Waals surface area contributed by atoms with Gasteiger partial charge in [0.15, 0.2) is 0 Å². The third kappa shape index (κ3) is 4.07. The number of likely N-dealkylation sites (tertiary alicyclic amines) is 1. The monoisotopic (exact) mass is 357 g/mol. The van der Waals surface area contributed by atoms with Gasteiger partial charge in [0.2, 0.25) is 5.91 Å². The summed E-state index contributed by atoms with van der Waals surface area (Å²) in [5.74, 6) is 1.99. The molecule has 1 atom stereocenters. The van der Waals surface area contributed by atoms with E-state index in [1.807, 2.05) is 35.4 Å². The quantitative estimate of drug-likeness (QED) is 0.765. The highest BCUT2D eigenvalue weighted by Crippen LogP contribution is 2.26. The van der Waals surface area contributed by atoms with E-state index < -0.39 is 0 Å². The summed E-state index contributed by atoms with van der Waals surface area (Å²) in [6, 6.07) is 8.19. The minimum absolute atomic E-state index is 0.217. The number of benzene rings is 1. The van der Waals surface area contributed by atoms with Gasteiger partial charge in [-0.15, -0.1) is 0 Å². The first kappa shape index (κ1) is 18.5. The van der Waals surface area contributed by atoms with Gasteiger partial charge in [-0.05, 0) is 37.5 Å². The van der Waals surface area contributed by atoms with Crippen LogP contribution in [0.15, 0.2) is 30.5 Å². The summed E-state index contributed by atoms with van der Waals surface area (Å²) in [6.07, 6.45) is 4.13. The van der Waals surface area contributed by atoms with Crippen molar-refractivity contribution < 1.29 is 14.3 Å². The Bertz CT molecular complexity index is 739. The average molecular weight is 357 g/mol. The van der Waals surface area contributed by atoms with E-state index in [0.29, 0.717) is 13.0 Å². The van der Waals surface area contributed by atoms with E-state index in [0.717, 1.165) is 48.8 Å². The number of imidazole rings is 1. The van der Waals surface area contributed by atoms with Gasteiger partial charge in [-0.2, -0.15) is 0 Å². The molecular formula is C20H27N3O3. The largest absolute Gasteiger partial charge is 0.497 e. The van der Waals surface area contributed by atoms with Crippen molar-refractivity contribution in [1.29, 1.82) is 0 Å². The van der Waals surface area contributed by atoms with Crippen molar-refractivity contribution >= 4 is 5.91 Å². The summed E-state index contributed by atoms with van der Waals surface area (Å²) in [6.45, 7) is 4.10. The van der Waals surface area contributed by atoms with Crippen molar-refractivity contribution in [3.05, 3.63) is 47.5 Å². The van der Waals surface area contributed by atoms with E-state index in [-0.39, 0.29) is 11.9 Å². The van der Waals surface area contributed by atoms with Crippen molar-refractivity contribution in [3.8, 4) is 5.75 Å². The van der Waals surface area contributed by atoms with Gasteiger partial charge in [-0.1, -0.05) is 12.1 Å². The van der Waals surface area contributed by atoms with E-state index in [4.69, 9.17) is 9.47 Å². The number of nitrogens with zero attached hydrogens (tertiary/aromatic N) is 3. The molecule has 6 heteroatoms. The highest BCUT2D eigenvalue weighted by atomic mass is 16.5. The number of carbonyl (C=O) groups excluding carboxylic acids is 1. The van der Waals surface area contributed by atoms with Gasteiger partial charge in [0.05, 0.1) is 13.2 Å². The zero-order chi connectivity index (χ0) is 18.5. The Kier molecular flexibility index (Phi) is 5.93. The fourth-order valence-corrected chi connectivity index (χ4v) is 3.61. The zero-order valence-electron chi connectivity index (χ0n) is 15.8. The van der Waals surface area contributed by atoms with E-state index in [9.17, 15) is 4.79 Å². The van der Waals surface area contributed by atoms with Crippen molar-refractivity contribution in [2.24, 2.45) is 0 Å². The summed E-state index contributed by atoms with van der Waals surface area (Å²) in [5, 5.41) is 0. The third-order valence-electron chi connectivity index (χ3n) is 5.00. The van der Waals surface area contributed by atoms with Gasteiger partial charge < -0.3 is 18.9 Å². The van der Waals surface area contributed by atoms with Crippen LogP contribution in [0, 0.1) is 6.92 Å². The minimum atomic E-state index is 0.217. The number of aryl methyl sites for hydroxylation is 2. The van der Waals surface area contributed by atoms with Gasteiger partial charge in [-0.25, -0.2) is 4.98 Å². The predicted molar refractivity (Wildman–Crippen MR) is 99.2 cm³/mol. The minimum Gasteiger partial charge on any atom is -0.497 e. The van der Waals surface area contributed by atoms with Crippen LogP contribution in [-0.2, 0) is 22.6 Å². The Balaban J connectivity index is 1.56. The normalized spacial score (nSPS) is 16.9. The van der Waals surface area contributed by atoms with Crippen LogP contribution in [0.3, 0.4) is 0 Å². The lowest BCUT2D eigenvalue weighted by molar-refractivity contribution is -0.130. The molecule has 2 aromatic rings. The highest BCUT2D eigenvalue weighted by Gasteiger charge is 2.29. The number of aromatic nitrogens is 2. The molecule has 1 aliphatic rings. The van der Waals surface area contributed by atoms with Crippen molar-refractivity contribution in [3.63, 3.8) is 0 Å². The third-order valence-corrected chi connectivity index (χ3v) is 5.00. The molecule has 26 heavy (non-hydrogen) atoms. The summed E-state index contributed by atoms with van der Waals surface area (Å²) in [4.78, 5) is 19.0. The smallest absolute Gasteiger partial charge is 0.222 e. The molecule has 0 N–H and O–H groups in total. The molecule has 6 nitrogen and oxygen atoms in total. The number of hydrogen-bond donors (Lipinski definition) is 0. The molecule has 1 saturated heterocycles. The summed E-state index contributed by atoms with van der Waals surface area (Å²) >= 11 is 0. The Hall–Kier alpha value is -2.34. The first-order chi connectivity index (χ1) is 12.6. The number of rotatable bonds is 7. The predicted octanol–water partition coefficient (Wildman–Crippen LogP) is 2.75. The number of hydrogen-bond acceptors (Lipinski definition) is 4. The molecule has 1 aliphatic heterocycles. The topological polar surface area (TPSA) is 56.6 Å². The van der Waals surface area contributed by atoms with Crippen LogP contribution in [0.2, 0.25) is 0 Å². The maximum atomic E-state index is 12.6. The summed E-state index contributed by atoms with van der Waals surface area (Å²) in [5.41, 5.74) is 2.28. The van der Waals surface area contributed by atoms with Crippen LogP contribution in [0.5, 0.6) is 5.75 Å². The van der Waals surface area contributed by atoms with Crippen molar-refractivity contribution in [1.82, 2.24) is 14.5 Å². The number of carbonyl (C=O) groups is 1. The molecule has 1 amide bonds. The van der Waals surface area contributed by atoms with Crippen LogP contribution < -0.4 is 4.74 Å². The van der Waals surface area contributed by atoms with E-state index in [1.54, 1.807) is 14.2 Å². The second kappa shape index (κ2) is 8.36. The summed E-state index contributed by atoms with van der Waals surface area (Å²) < 4.78 is 12.6. The maximum absolute atomic E-state index is 12.6. The van der Waals surface area contributed by atoms with Crippen LogP contribution in [0.1, 0.15) is 36.0 Å². The van der Waals surface area contributed by atoms with Gasteiger partial charge in [0, 0.05) is 38.5 Å². The molecule has 0 bridgehead atoms. The van der Waals surface area contributed by atoms with Gasteiger partial charge in [0.25, 0.3) is 0 Å². The molecule has 1 aromatic heterocycles. The molecule has 2 heterocycles. The van der Waals surface area contributed by atoms with E-state index >= 15 is 0 Å². The molecule has 0 radical (unpaired) electrons. The number of amides is 1. The Morgan fingerprint density at radius 2 is 2.04 bits per heavy atom. The first-order valence-electron chi connectivity index (χ1n) is 9.04. The van der Waals surface area contributed by atoms with E-state index in [2.05, 4.69) is 16.5 Å². The van der Waals surface area contributed by atoms with Crippen molar-refractivity contribution in [2.45, 2.75) is 38.8 Å². The first-order valence-corrected chi connectivity index (χ1v) is 9.04. The molecule has 1 aromatic carbocycles. The Morgan fingerprint density at radius 1 is 1.27 bits per heavy atom. The molecule has 3 rings (SSSR count). The molecule has 1 unspecified atom stereocenters. The Morgan fingerprint density at radius 3 is 2.73 bits per heavy atom.